The van der Waals surface area contributed by atoms with Crippen LogP contribution in [-0.2, 0) is 16.1 Å². The lowest BCUT2D eigenvalue weighted by Gasteiger charge is -2.29. The first-order valence-electron chi connectivity index (χ1n) is 9.41. The van der Waals surface area contributed by atoms with Gasteiger partial charge >= 0.3 is 0 Å². The molecule has 0 aliphatic heterocycles. The van der Waals surface area contributed by atoms with Gasteiger partial charge in [-0.3, -0.25) is 9.59 Å². The average Bonchev–Trinajstić information content (AvgIpc) is 2.69. The standard InChI is InChI=1S/C22H27ClN2O4/c1-15(2)24-22(27)16(3)25(13-17-6-5-7-18(23)12-17)21(26)14-29-20-10-8-19(28-4)9-11-20/h5-12,15-16H,13-14H2,1-4H3,(H,24,27)/t16-/m0/s1. The van der Waals surface area contributed by atoms with Gasteiger partial charge in [0.05, 0.1) is 7.11 Å². The molecule has 0 fully saturated rings. The molecule has 0 heterocycles. The topological polar surface area (TPSA) is 67.9 Å². The predicted molar refractivity (Wildman–Crippen MR) is 113 cm³/mol. The van der Waals surface area contributed by atoms with Gasteiger partial charge in [0.25, 0.3) is 5.91 Å². The van der Waals surface area contributed by atoms with Gasteiger partial charge in [0.1, 0.15) is 17.5 Å². The summed E-state index contributed by atoms with van der Waals surface area (Å²) < 4.78 is 10.7. The van der Waals surface area contributed by atoms with Crippen LogP contribution in [0.1, 0.15) is 26.3 Å². The highest BCUT2D eigenvalue weighted by molar-refractivity contribution is 6.30. The van der Waals surface area contributed by atoms with Gasteiger partial charge in [-0.1, -0.05) is 23.7 Å². The number of nitrogens with zero attached hydrogens (tertiary/aromatic N) is 1. The van der Waals surface area contributed by atoms with Gasteiger partial charge in [0, 0.05) is 17.6 Å². The molecule has 1 atom stereocenters. The smallest absolute Gasteiger partial charge is 0.261 e. The summed E-state index contributed by atoms with van der Waals surface area (Å²) in [5, 5.41) is 3.42. The molecule has 29 heavy (non-hydrogen) atoms. The van der Waals surface area contributed by atoms with Crippen LogP contribution in [0.4, 0.5) is 0 Å². The van der Waals surface area contributed by atoms with Crippen molar-refractivity contribution >= 4 is 23.4 Å². The van der Waals surface area contributed by atoms with E-state index in [1.165, 1.54) is 4.90 Å². The monoisotopic (exact) mass is 418 g/mol. The first kappa shape index (κ1) is 22.6. The highest BCUT2D eigenvalue weighted by Gasteiger charge is 2.27. The molecule has 1 N–H and O–H groups in total. The minimum Gasteiger partial charge on any atom is -0.497 e. The molecule has 0 spiro atoms. The number of rotatable bonds is 9. The Balaban J connectivity index is 2.13. The van der Waals surface area contributed by atoms with Crippen LogP contribution in [-0.4, -0.2) is 42.5 Å². The van der Waals surface area contributed by atoms with Crippen LogP contribution in [0.5, 0.6) is 11.5 Å². The summed E-state index contributed by atoms with van der Waals surface area (Å²) in [6, 6.07) is 13.5. The molecule has 2 amide bonds. The van der Waals surface area contributed by atoms with E-state index in [9.17, 15) is 9.59 Å². The quantitative estimate of drug-likeness (QED) is 0.674. The summed E-state index contributed by atoms with van der Waals surface area (Å²) >= 11 is 6.07. The Bertz CT molecular complexity index is 824. The second kappa shape index (κ2) is 10.7. The molecule has 0 bridgehead atoms. The van der Waals surface area contributed by atoms with Crippen LogP contribution >= 0.6 is 11.6 Å². The summed E-state index contributed by atoms with van der Waals surface area (Å²) in [5.41, 5.74) is 0.833. The maximum atomic E-state index is 12.9. The van der Waals surface area contributed by atoms with Gasteiger partial charge in [-0.25, -0.2) is 0 Å². The SMILES string of the molecule is COc1ccc(OCC(=O)N(Cc2cccc(Cl)c2)[C@@H](C)C(=O)NC(C)C)cc1. The molecule has 0 unspecified atom stereocenters. The number of carbonyl (C=O) groups is 2. The molecule has 0 aliphatic rings. The average molecular weight is 419 g/mol. The number of benzene rings is 2. The summed E-state index contributed by atoms with van der Waals surface area (Å²) in [7, 11) is 1.58. The van der Waals surface area contributed by atoms with Crippen LogP contribution in [0, 0.1) is 0 Å². The van der Waals surface area contributed by atoms with Gasteiger partial charge in [-0.2, -0.15) is 0 Å². The van der Waals surface area contributed by atoms with Gasteiger partial charge in [0.15, 0.2) is 6.61 Å². The second-order valence-corrected chi connectivity index (χ2v) is 7.39. The van der Waals surface area contributed by atoms with Crippen molar-refractivity contribution in [2.45, 2.75) is 39.4 Å². The van der Waals surface area contributed by atoms with E-state index in [1.807, 2.05) is 26.0 Å². The Hall–Kier alpha value is -2.73. The van der Waals surface area contributed by atoms with E-state index in [2.05, 4.69) is 5.32 Å². The van der Waals surface area contributed by atoms with E-state index >= 15 is 0 Å². The normalized spacial score (nSPS) is 11.7. The third kappa shape index (κ3) is 6.98. The molecule has 0 aromatic heterocycles. The van der Waals surface area contributed by atoms with E-state index in [4.69, 9.17) is 21.1 Å². The van der Waals surface area contributed by atoms with Crippen molar-refractivity contribution in [2.24, 2.45) is 0 Å². The zero-order valence-electron chi connectivity index (χ0n) is 17.1. The van der Waals surface area contributed by atoms with Crippen LogP contribution < -0.4 is 14.8 Å². The van der Waals surface area contributed by atoms with Crippen LogP contribution in [0.2, 0.25) is 5.02 Å². The number of methoxy groups -OCH3 is 1. The molecule has 2 rings (SSSR count). The van der Waals surface area contributed by atoms with Crippen molar-refractivity contribution in [3.05, 3.63) is 59.1 Å². The first-order valence-corrected chi connectivity index (χ1v) is 9.79. The number of halogens is 1. The third-order valence-corrected chi connectivity index (χ3v) is 4.50. The Labute approximate surface area is 176 Å². The number of ether oxygens (including phenoxy) is 2. The van der Waals surface area contributed by atoms with Crippen molar-refractivity contribution in [1.29, 1.82) is 0 Å². The molecule has 0 aliphatic carbocycles. The van der Waals surface area contributed by atoms with E-state index < -0.39 is 6.04 Å². The fourth-order valence-electron chi connectivity index (χ4n) is 2.72. The maximum absolute atomic E-state index is 12.9. The maximum Gasteiger partial charge on any atom is 0.261 e. The van der Waals surface area contributed by atoms with Gasteiger partial charge in [-0.05, 0) is 62.7 Å². The molecule has 2 aromatic rings. The highest BCUT2D eigenvalue weighted by Crippen LogP contribution is 2.18. The Morgan fingerprint density at radius 2 is 1.72 bits per heavy atom. The molecule has 6 nitrogen and oxygen atoms in total. The summed E-state index contributed by atoms with van der Waals surface area (Å²) in [6.07, 6.45) is 0. The fourth-order valence-corrected chi connectivity index (χ4v) is 2.93. The molecular formula is C22H27ClN2O4. The second-order valence-electron chi connectivity index (χ2n) is 6.96. The van der Waals surface area contributed by atoms with Crippen LogP contribution in [0.15, 0.2) is 48.5 Å². The molecular weight excluding hydrogens is 392 g/mol. The molecule has 2 aromatic carbocycles. The molecule has 0 saturated heterocycles. The number of nitrogens with one attached hydrogen (secondary N) is 1. The molecule has 0 radical (unpaired) electrons. The summed E-state index contributed by atoms with van der Waals surface area (Å²) in [6.45, 7) is 5.51. The molecule has 156 valence electrons. The van der Waals surface area contributed by atoms with Crippen LogP contribution in [0.3, 0.4) is 0 Å². The van der Waals surface area contributed by atoms with Gasteiger partial charge in [-0.15, -0.1) is 0 Å². The van der Waals surface area contributed by atoms with Crippen molar-refractivity contribution < 1.29 is 19.1 Å². The van der Waals surface area contributed by atoms with Gasteiger partial charge in [0.2, 0.25) is 5.91 Å². The van der Waals surface area contributed by atoms with Crippen molar-refractivity contribution in [1.82, 2.24) is 10.2 Å². The lowest BCUT2D eigenvalue weighted by atomic mass is 10.1. The summed E-state index contributed by atoms with van der Waals surface area (Å²) in [4.78, 5) is 26.9. The molecule has 7 heteroatoms. The fraction of sp³-hybridized carbons (Fsp3) is 0.364. The van der Waals surface area contributed by atoms with Crippen molar-refractivity contribution in [3.8, 4) is 11.5 Å². The number of amides is 2. The minimum atomic E-state index is -0.664. The Morgan fingerprint density at radius 3 is 2.31 bits per heavy atom. The van der Waals surface area contributed by atoms with Crippen molar-refractivity contribution in [2.75, 3.05) is 13.7 Å². The van der Waals surface area contributed by atoms with Gasteiger partial charge < -0.3 is 19.7 Å². The highest BCUT2D eigenvalue weighted by atomic mass is 35.5. The van der Waals surface area contributed by atoms with E-state index in [0.29, 0.717) is 16.5 Å². The third-order valence-electron chi connectivity index (χ3n) is 4.26. The van der Waals surface area contributed by atoms with E-state index in [0.717, 1.165) is 5.56 Å². The zero-order valence-corrected chi connectivity index (χ0v) is 17.9. The van der Waals surface area contributed by atoms with E-state index in [1.54, 1.807) is 50.4 Å². The summed E-state index contributed by atoms with van der Waals surface area (Å²) in [5.74, 6) is 0.721. The predicted octanol–water partition coefficient (Wildman–Crippen LogP) is 3.67. The number of hydrogen-bond acceptors (Lipinski definition) is 4. The van der Waals surface area contributed by atoms with Crippen LogP contribution in [0.25, 0.3) is 0 Å². The van der Waals surface area contributed by atoms with E-state index in [-0.39, 0.29) is 31.0 Å². The Morgan fingerprint density at radius 1 is 1.07 bits per heavy atom. The number of hydrogen-bond donors (Lipinski definition) is 1. The largest absolute Gasteiger partial charge is 0.497 e. The lowest BCUT2D eigenvalue weighted by molar-refractivity contribution is -0.142. The minimum absolute atomic E-state index is 0.0244. The zero-order chi connectivity index (χ0) is 21.4. The lowest BCUT2D eigenvalue weighted by Crippen LogP contribution is -2.50. The number of carbonyl (C=O) groups excluding carboxylic acids is 2. The van der Waals surface area contributed by atoms with Crippen molar-refractivity contribution in [3.63, 3.8) is 0 Å². The molecule has 0 saturated carbocycles. The Kier molecular flexibility index (Phi) is 8.34. The first-order chi connectivity index (χ1) is 13.8.